The summed E-state index contributed by atoms with van der Waals surface area (Å²) in [6.45, 7) is 2.54. The van der Waals surface area contributed by atoms with Crippen LogP contribution >= 0.6 is 0 Å². The number of carbonyl (C=O) groups excluding carboxylic acids is 1. The van der Waals surface area contributed by atoms with Crippen LogP contribution in [0.1, 0.15) is 34.5 Å². The van der Waals surface area contributed by atoms with E-state index in [2.05, 4.69) is 25.5 Å². The first-order chi connectivity index (χ1) is 15.3. The number of nitrogens with zero attached hydrogens (tertiary/aromatic N) is 6. The van der Waals surface area contributed by atoms with Gasteiger partial charge in [0.2, 0.25) is 0 Å². The molecule has 3 atom stereocenters. The van der Waals surface area contributed by atoms with E-state index in [0.29, 0.717) is 29.9 Å². The van der Waals surface area contributed by atoms with E-state index in [1.54, 1.807) is 18.5 Å². The van der Waals surface area contributed by atoms with Crippen LogP contribution in [0.2, 0.25) is 0 Å². The van der Waals surface area contributed by atoms with E-state index in [4.69, 9.17) is 0 Å². The maximum absolute atomic E-state index is 13.5. The van der Waals surface area contributed by atoms with Crippen LogP contribution in [-0.4, -0.2) is 54.4 Å². The molecule has 3 heterocycles. The number of alkyl halides is 3. The number of amides is 1. The van der Waals surface area contributed by atoms with Crippen LogP contribution < -0.4 is 5.32 Å². The molecule has 2 fully saturated rings. The number of para-hydroxylation sites is 1. The van der Waals surface area contributed by atoms with E-state index in [-0.39, 0.29) is 23.8 Å². The van der Waals surface area contributed by atoms with Crippen molar-refractivity contribution in [3.63, 3.8) is 0 Å². The molecule has 0 radical (unpaired) electrons. The van der Waals surface area contributed by atoms with Gasteiger partial charge >= 0.3 is 6.18 Å². The molecule has 1 amide bonds. The van der Waals surface area contributed by atoms with E-state index < -0.39 is 11.9 Å². The second-order valence-corrected chi connectivity index (χ2v) is 8.19. The Kier molecular flexibility index (Phi) is 4.83. The third-order valence-corrected chi connectivity index (χ3v) is 6.11. The highest BCUT2D eigenvalue weighted by molar-refractivity contribution is 5.98. The second kappa shape index (κ2) is 7.57. The third-order valence-electron chi connectivity index (χ3n) is 6.11. The van der Waals surface area contributed by atoms with Gasteiger partial charge in [-0.25, -0.2) is 9.97 Å². The number of aromatic nitrogens is 5. The second-order valence-electron chi connectivity index (χ2n) is 8.19. The lowest BCUT2D eigenvalue weighted by molar-refractivity contribution is -0.141. The van der Waals surface area contributed by atoms with Gasteiger partial charge in [-0.2, -0.15) is 28.2 Å². The quantitative estimate of drug-likeness (QED) is 0.667. The van der Waals surface area contributed by atoms with Crippen molar-refractivity contribution < 1.29 is 18.0 Å². The maximum Gasteiger partial charge on any atom is 0.434 e. The molecule has 8 nitrogen and oxygen atoms in total. The molecule has 2 aliphatic rings. The smallest absolute Gasteiger partial charge is 0.364 e. The molecule has 1 aliphatic heterocycles. The Morgan fingerprint density at radius 2 is 1.91 bits per heavy atom. The summed E-state index contributed by atoms with van der Waals surface area (Å²) in [6.07, 6.45) is 2.04. The van der Waals surface area contributed by atoms with Crippen LogP contribution in [0.3, 0.4) is 0 Å². The fourth-order valence-corrected chi connectivity index (χ4v) is 4.74. The normalized spacial score (nSPS) is 22.4. The van der Waals surface area contributed by atoms with Crippen molar-refractivity contribution in [2.75, 3.05) is 11.9 Å². The Morgan fingerprint density at radius 1 is 1.12 bits per heavy atom. The molecule has 0 spiro atoms. The summed E-state index contributed by atoms with van der Waals surface area (Å²) in [5.74, 6) is 0.471. The van der Waals surface area contributed by atoms with Crippen LogP contribution in [0.4, 0.5) is 19.0 Å². The summed E-state index contributed by atoms with van der Waals surface area (Å²) in [7, 11) is 0. The van der Waals surface area contributed by atoms with Gasteiger partial charge in [0.05, 0.1) is 36.4 Å². The largest absolute Gasteiger partial charge is 0.434 e. The molecule has 11 heteroatoms. The van der Waals surface area contributed by atoms with Crippen LogP contribution in [0.5, 0.6) is 0 Å². The van der Waals surface area contributed by atoms with Crippen molar-refractivity contribution >= 4 is 11.7 Å². The van der Waals surface area contributed by atoms with Crippen LogP contribution in [0.25, 0.3) is 5.69 Å². The van der Waals surface area contributed by atoms with Gasteiger partial charge in [-0.3, -0.25) is 4.79 Å². The van der Waals surface area contributed by atoms with Gasteiger partial charge in [0.1, 0.15) is 11.5 Å². The molecular formula is C21H20F3N7O. The van der Waals surface area contributed by atoms with Gasteiger partial charge in [0.15, 0.2) is 5.69 Å². The fraction of sp³-hybridized carbons (Fsp3) is 0.381. The molecule has 2 aromatic heterocycles. The lowest BCUT2D eigenvalue weighted by Gasteiger charge is -2.34. The molecule has 166 valence electrons. The predicted octanol–water partition coefficient (Wildman–Crippen LogP) is 3.10. The standard InChI is InChI=1S/C21H20F3N7O/c1-12-3-2-4-14(19(12)31-27-5-6-28-31)20(32)30-11-13-7-15(16(30)8-13)29-18-10-25-17(9-26-18)21(22,23)24/h2-6,9-10,13,15-16H,7-8,11H2,1H3,(H,26,29)/t13?,15-,16?/m0/s1. The van der Waals surface area contributed by atoms with Crippen molar-refractivity contribution in [2.24, 2.45) is 5.92 Å². The molecule has 1 N–H and O–H groups in total. The van der Waals surface area contributed by atoms with E-state index in [1.807, 2.05) is 24.0 Å². The summed E-state index contributed by atoms with van der Waals surface area (Å²) < 4.78 is 38.2. The topological polar surface area (TPSA) is 88.8 Å². The Balaban J connectivity index is 1.37. The molecule has 1 saturated carbocycles. The maximum atomic E-state index is 13.5. The van der Waals surface area contributed by atoms with Gasteiger partial charge in [0.25, 0.3) is 5.91 Å². The molecule has 32 heavy (non-hydrogen) atoms. The molecule has 5 rings (SSSR count). The number of fused-ring (bicyclic) bond motifs is 2. The minimum Gasteiger partial charge on any atom is -0.364 e. The number of hydrogen-bond donors (Lipinski definition) is 1. The van der Waals surface area contributed by atoms with Gasteiger partial charge in [-0.05, 0) is 37.3 Å². The van der Waals surface area contributed by atoms with Crippen molar-refractivity contribution in [1.29, 1.82) is 0 Å². The first kappa shape index (κ1) is 20.4. The number of aryl methyl sites for hydroxylation is 1. The SMILES string of the molecule is Cc1cccc(C(=O)N2CC3CC2[C@@H](Nc2cnc(C(F)(F)F)cn2)C3)c1-n1nccn1. The number of benzene rings is 1. The zero-order valence-corrected chi connectivity index (χ0v) is 17.1. The molecule has 1 aliphatic carbocycles. The highest BCUT2D eigenvalue weighted by atomic mass is 19.4. The molecule has 1 aromatic carbocycles. The highest BCUT2D eigenvalue weighted by Crippen LogP contribution is 2.40. The van der Waals surface area contributed by atoms with Crippen molar-refractivity contribution in [2.45, 2.75) is 38.0 Å². The lowest BCUT2D eigenvalue weighted by Crippen LogP contribution is -2.48. The number of piperidine rings is 1. The van der Waals surface area contributed by atoms with E-state index in [1.165, 1.54) is 4.80 Å². The number of carbonyl (C=O) groups is 1. The first-order valence-electron chi connectivity index (χ1n) is 10.2. The average molecular weight is 443 g/mol. The molecular weight excluding hydrogens is 423 g/mol. The summed E-state index contributed by atoms with van der Waals surface area (Å²) in [5.41, 5.74) is 1.00. The Bertz CT molecular complexity index is 1130. The van der Waals surface area contributed by atoms with Crippen molar-refractivity contribution in [3.8, 4) is 5.69 Å². The van der Waals surface area contributed by atoms with Gasteiger partial charge in [-0.15, -0.1) is 0 Å². The number of anilines is 1. The Hall–Kier alpha value is -3.50. The molecule has 1 saturated heterocycles. The van der Waals surface area contributed by atoms with Crippen LogP contribution in [0, 0.1) is 12.8 Å². The lowest BCUT2D eigenvalue weighted by atomic mass is 10.0. The first-order valence-corrected chi connectivity index (χ1v) is 10.2. The minimum atomic E-state index is -4.53. The molecule has 2 bridgehead atoms. The van der Waals surface area contributed by atoms with Crippen molar-refractivity contribution in [1.82, 2.24) is 29.9 Å². The van der Waals surface area contributed by atoms with Crippen molar-refractivity contribution in [3.05, 3.63) is 59.8 Å². The number of hydrogen-bond acceptors (Lipinski definition) is 6. The summed E-state index contributed by atoms with van der Waals surface area (Å²) >= 11 is 0. The third kappa shape index (κ3) is 3.57. The Morgan fingerprint density at radius 3 is 2.56 bits per heavy atom. The highest BCUT2D eigenvalue weighted by Gasteiger charge is 2.47. The number of nitrogens with one attached hydrogen (secondary N) is 1. The summed E-state index contributed by atoms with van der Waals surface area (Å²) in [5, 5.41) is 11.6. The van der Waals surface area contributed by atoms with Gasteiger partial charge < -0.3 is 10.2 Å². The van der Waals surface area contributed by atoms with Crippen LogP contribution in [0.15, 0.2) is 43.0 Å². The zero-order chi connectivity index (χ0) is 22.5. The van der Waals surface area contributed by atoms with Gasteiger partial charge in [-0.1, -0.05) is 12.1 Å². The van der Waals surface area contributed by atoms with E-state index in [9.17, 15) is 18.0 Å². The van der Waals surface area contributed by atoms with E-state index >= 15 is 0 Å². The average Bonchev–Trinajstić information content (AvgIpc) is 3.50. The van der Waals surface area contributed by atoms with Crippen LogP contribution in [-0.2, 0) is 6.18 Å². The number of rotatable bonds is 4. The monoisotopic (exact) mass is 443 g/mol. The predicted molar refractivity (Wildman–Crippen MR) is 108 cm³/mol. The summed E-state index contributed by atoms with van der Waals surface area (Å²) in [4.78, 5) is 24.1. The minimum absolute atomic E-state index is 0.0875. The Labute approximate surface area is 181 Å². The summed E-state index contributed by atoms with van der Waals surface area (Å²) in [6, 6.07) is 5.30. The van der Waals surface area contributed by atoms with Gasteiger partial charge in [0, 0.05) is 12.6 Å². The van der Waals surface area contributed by atoms with E-state index in [0.717, 1.165) is 24.6 Å². The zero-order valence-electron chi connectivity index (χ0n) is 17.1. The fourth-order valence-electron chi connectivity index (χ4n) is 4.74. The number of halogens is 3. The molecule has 2 unspecified atom stereocenters. The number of likely N-dealkylation sites (tertiary alicyclic amines) is 1. The molecule has 3 aromatic rings.